The lowest BCUT2D eigenvalue weighted by atomic mass is 9.90. The van der Waals surface area contributed by atoms with Crippen LogP contribution < -0.4 is 20.9 Å². The number of halogens is 3. The standard InChI is InChI=1S/C40H47F2N9O6.ClH/c1-26(39(2,3)4)56-36(52)20-32(35-22-55-40(57-35,23-48-25-44-24-45-48)30-16-15-28(41)19-31(30)42)51(50-38(53)46-37(47-50)27-11-7-6-8-12-27)49-18-17-43-21-33(49)29-13-9-10-14-34(29)54-5;/h6-16,19,24-26,32-33,35,43H,17-18,20-23H2,1-5H3,(H,46,47,53);1H/t26?,32-,33?,35?,40?;/m0./s1. The number of methoxy groups -OCH3 is 1. The van der Waals surface area contributed by atoms with Gasteiger partial charge in [0.25, 0.3) is 0 Å². The molecule has 7 rings (SSSR count). The zero-order valence-electron chi connectivity index (χ0n) is 32.9. The van der Waals surface area contributed by atoms with Gasteiger partial charge in [-0.3, -0.25) is 9.78 Å². The van der Waals surface area contributed by atoms with Gasteiger partial charge in [0.05, 0.1) is 26.2 Å². The molecule has 3 aromatic carbocycles. The SMILES string of the molecule is COc1ccccc1C1CNCCN1N([C@@H](CC(=O)OC(C)C(C)(C)C)C1COC(Cn2cncn2)(c2ccc(F)cc2F)O1)n1nc(-c2ccccc2)[nH]c1=O.Cl. The Morgan fingerprint density at radius 2 is 1.86 bits per heavy atom. The summed E-state index contributed by atoms with van der Waals surface area (Å²) < 4.78 is 56.6. The predicted octanol–water partition coefficient (Wildman–Crippen LogP) is 4.74. The molecule has 58 heavy (non-hydrogen) atoms. The van der Waals surface area contributed by atoms with E-state index in [1.54, 1.807) is 12.2 Å². The minimum atomic E-state index is -1.86. The number of nitrogens with one attached hydrogen (secondary N) is 2. The van der Waals surface area contributed by atoms with E-state index in [1.807, 2.05) is 87.3 Å². The minimum Gasteiger partial charge on any atom is -0.496 e. The number of aromatic nitrogens is 6. The molecule has 5 aromatic rings. The van der Waals surface area contributed by atoms with Crippen molar-refractivity contribution in [3.05, 3.63) is 119 Å². The van der Waals surface area contributed by atoms with Crippen molar-refractivity contribution in [2.75, 3.05) is 38.5 Å². The van der Waals surface area contributed by atoms with E-state index < -0.39 is 53.4 Å². The molecular weight excluding hydrogens is 776 g/mol. The van der Waals surface area contributed by atoms with E-state index in [0.717, 1.165) is 17.7 Å². The molecule has 15 nitrogen and oxygen atoms in total. The van der Waals surface area contributed by atoms with Crippen LogP contribution in [-0.4, -0.2) is 92.2 Å². The van der Waals surface area contributed by atoms with Crippen LogP contribution in [-0.2, 0) is 31.3 Å². The van der Waals surface area contributed by atoms with Gasteiger partial charge in [-0.15, -0.1) is 22.3 Å². The second-order valence-corrected chi connectivity index (χ2v) is 15.2. The first kappa shape index (κ1) is 42.4. The first-order valence-electron chi connectivity index (χ1n) is 18.8. The fraction of sp³-hybridized carbons (Fsp3) is 0.425. The summed E-state index contributed by atoms with van der Waals surface area (Å²) in [4.78, 5) is 36.6. The second kappa shape index (κ2) is 17.7. The normalized spacial score (nSPS) is 20.9. The Labute approximate surface area is 340 Å². The fourth-order valence-electron chi connectivity index (χ4n) is 7.08. The maximum atomic E-state index is 15.8. The smallest absolute Gasteiger partial charge is 0.364 e. The number of hydrazine groups is 1. The summed E-state index contributed by atoms with van der Waals surface area (Å²) in [7, 11) is 1.59. The summed E-state index contributed by atoms with van der Waals surface area (Å²) in [5.41, 5.74) is 0.397. The maximum Gasteiger partial charge on any atom is 0.364 e. The summed E-state index contributed by atoms with van der Waals surface area (Å²) in [6.07, 6.45) is 0.882. The lowest BCUT2D eigenvalue weighted by Gasteiger charge is -2.47. The van der Waals surface area contributed by atoms with Crippen molar-refractivity contribution in [1.82, 2.24) is 40.0 Å². The molecular formula is C40H48ClF2N9O6. The van der Waals surface area contributed by atoms with Crippen molar-refractivity contribution in [2.24, 2.45) is 5.41 Å². The average Bonchev–Trinajstić information content (AvgIpc) is 3.96. The van der Waals surface area contributed by atoms with Crippen molar-refractivity contribution in [2.45, 2.75) is 70.7 Å². The largest absolute Gasteiger partial charge is 0.496 e. The number of hydrogen-bond donors (Lipinski definition) is 2. The van der Waals surface area contributed by atoms with E-state index in [-0.39, 0.29) is 48.8 Å². The number of H-pyrrole nitrogens is 1. The highest BCUT2D eigenvalue weighted by Gasteiger charge is 2.52. The van der Waals surface area contributed by atoms with Crippen molar-refractivity contribution in [3.8, 4) is 17.1 Å². The van der Waals surface area contributed by atoms with Crippen LogP contribution in [0.2, 0.25) is 0 Å². The zero-order chi connectivity index (χ0) is 40.3. The van der Waals surface area contributed by atoms with Gasteiger partial charge in [0.15, 0.2) is 5.82 Å². The molecule has 4 unspecified atom stereocenters. The number of nitrogens with zero attached hydrogens (tertiary/aromatic N) is 7. The molecule has 310 valence electrons. The van der Waals surface area contributed by atoms with Crippen LogP contribution in [0.4, 0.5) is 8.78 Å². The number of carbonyl (C=O) groups is 1. The number of benzene rings is 3. The molecule has 0 spiro atoms. The van der Waals surface area contributed by atoms with E-state index in [4.69, 9.17) is 24.0 Å². The van der Waals surface area contributed by atoms with Gasteiger partial charge in [0, 0.05) is 42.4 Å². The third-order valence-electron chi connectivity index (χ3n) is 10.4. The molecule has 2 aromatic heterocycles. The predicted molar refractivity (Wildman–Crippen MR) is 211 cm³/mol. The number of aromatic amines is 1. The first-order valence-corrected chi connectivity index (χ1v) is 18.8. The Morgan fingerprint density at radius 3 is 2.57 bits per heavy atom. The van der Waals surface area contributed by atoms with E-state index in [1.165, 1.54) is 28.2 Å². The second-order valence-electron chi connectivity index (χ2n) is 15.2. The molecule has 5 atom stereocenters. The molecule has 2 fully saturated rings. The number of carbonyl (C=O) groups excluding carboxylic acids is 1. The van der Waals surface area contributed by atoms with Gasteiger partial charge in [-0.05, 0) is 30.5 Å². The monoisotopic (exact) mass is 823 g/mol. The summed E-state index contributed by atoms with van der Waals surface area (Å²) in [5.74, 6) is -3.22. The molecule has 0 aliphatic carbocycles. The molecule has 2 N–H and O–H groups in total. The van der Waals surface area contributed by atoms with Gasteiger partial charge in [-0.1, -0.05) is 69.3 Å². The minimum absolute atomic E-state index is 0. The Hall–Kier alpha value is -5.20. The molecule has 0 bridgehead atoms. The van der Waals surface area contributed by atoms with Crippen LogP contribution in [0.15, 0.2) is 90.2 Å². The number of rotatable bonds is 13. The number of hydrogen-bond acceptors (Lipinski definition) is 12. The highest BCUT2D eigenvalue weighted by molar-refractivity contribution is 5.85. The summed E-state index contributed by atoms with van der Waals surface area (Å²) in [5, 5.41) is 16.1. The fourth-order valence-corrected chi connectivity index (χ4v) is 7.08. The number of ether oxygens (including phenoxy) is 4. The Balaban J connectivity index is 0.00000567. The van der Waals surface area contributed by atoms with Crippen LogP contribution in [0.25, 0.3) is 11.4 Å². The molecule has 4 heterocycles. The molecule has 2 aliphatic heterocycles. The number of para-hydroxylation sites is 1. The molecule has 0 radical (unpaired) electrons. The third-order valence-corrected chi connectivity index (χ3v) is 10.4. The van der Waals surface area contributed by atoms with Gasteiger partial charge >= 0.3 is 11.7 Å². The Morgan fingerprint density at radius 1 is 1.10 bits per heavy atom. The lowest BCUT2D eigenvalue weighted by Crippen LogP contribution is -2.67. The van der Waals surface area contributed by atoms with E-state index in [2.05, 4.69) is 20.4 Å². The molecule has 0 saturated carbocycles. The zero-order valence-corrected chi connectivity index (χ0v) is 33.7. The summed E-state index contributed by atoms with van der Waals surface area (Å²) in [6.45, 7) is 8.62. The van der Waals surface area contributed by atoms with Crippen LogP contribution in [0.5, 0.6) is 5.75 Å². The molecule has 0 amide bonds. The van der Waals surface area contributed by atoms with Crippen LogP contribution in [0.3, 0.4) is 0 Å². The van der Waals surface area contributed by atoms with Crippen LogP contribution >= 0.6 is 12.4 Å². The number of esters is 1. The average molecular weight is 824 g/mol. The van der Waals surface area contributed by atoms with E-state index in [9.17, 15) is 14.0 Å². The quantitative estimate of drug-likeness (QED) is 0.158. The Bertz CT molecular complexity index is 2200. The van der Waals surface area contributed by atoms with Crippen LogP contribution in [0, 0.1) is 17.0 Å². The number of piperazine rings is 1. The topological polar surface area (TPSA) is 154 Å². The van der Waals surface area contributed by atoms with Crippen molar-refractivity contribution >= 4 is 18.4 Å². The van der Waals surface area contributed by atoms with Gasteiger partial charge in [-0.25, -0.2) is 28.4 Å². The van der Waals surface area contributed by atoms with Gasteiger partial charge in [0.1, 0.15) is 54.8 Å². The highest BCUT2D eigenvalue weighted by atomic mass is 35.5. The van der Waals surface area contributed by atoms with Crippen molar-refractivity contribution < 1.29 is 32.5 Å². The Kier molecular flexibility index (Phi) is 13.0. The van der Waals surface area contributed by atoms with Crippen molar-refractivity contribution in [3.63, 3.8) is 0 Å². The van der Waals surface area contributed by atoms with Crippen molar-refractivity contribution in [1.29, 1.82) is 0 Å². The lowest BCUT2D eigenvalue weighted by molar-refractivity contribution is -0.195. The van der Waals surface area contributed by atoms with E-state index >= 15 is 4.39 Å². The first-order chi connectivity index (χ1) is 27.4. The van der Waals surface area contributed by atoms with Gasteiger partial charge in [0.2, 0.25) is 5.79 Å². The third kappa shape index (κ3) is 8.93. The summed E-state index contributed by atoms with van der Waals surface area (Å²) >= 11 is 0. The van der Waals surface area contributed by atoms with Crippen LogP contribution in [0.1, 0.15) is 51.3 Å². The molecule has 18 heteroatoms. The highest BCUT2D eigenvalue weighted by Crippen LogP contribution is 2.41. The molecule has 2 saturated heterocycles. The van der Waals surface area contributed by atoms with Gasteiger partial charge in [-0.2, -0.15) is 10.1 Å². The molecule has 2 aliphatic rings. The van der Waals surface area contributed by atoms with E-state index in [0.29, 0.717) is 30.9 Å². The summed E-state index contributed by atoms with van der Waals surface area (Å²) in [6, 6.07) is 18.3. The maximum absolute atomic E-state index is 15.8. The van der Waals surface area contributed by atoms with Gasteiger partial charge < -0.3 is 24.3 Å².